The molecule has 0 radical (unpaired) electrons. The first-order chi connectivity index (χ1) is 9.11. The molecular formula is C13H16N4O2. The van der Waals surface area contributed by atoms with Crippen LogP contribution in [0, 0.1) is 0 Å². The molecule has 1 aliphatic carbocycles. The molecule has 2 atom stereocenters. The lowest BCUT2D eigenvalue weighted by atomic mass is 10.1. The lowest BCUT2D eigenvalue weighted by Crippen LogP contribution is -2.34. The fourth-order valence-electron chi connectivity index (χ4n) is 2.59. The van der Waals surface area contributed by atoms with E-state index >= 15 is 0 Å². The summed E-state index contributed by atoms with van der Waals surface area (Å²) < 4.78 is 0. The minimum absolute atomic E-state index is 0.122. The van der Waals surface area contributed by atoms with Gasteiger partial charge in [0.2, 0.25) is 0 Å². The molecular weight excluding hydrogens is 244 g/mol. The van der Waals surface area contributed by atoms with Crippen molar-refractivity contribution in [2.24, 2.45) is 5.73 Å². The van der Waals surface area contributed by atoms with Gasteiger partial charge in [-0.05, 0) is 37.5 Å². The van der Waals surface area contributed by atoms with E-state index in [4.69, 9.17) is 5.73 Å². The normalized spacial score (nSPS) is 22.8. The van der Waals surface area contributed by atoms with Crippen LogP contribution in [0.3, 0.4) is 0 Å². The second-order valence-corrected chi connectivity index (χ2v) is 5.08. The molecule has 3 rings (SSSR count). The summed E-state index contributed by atoms with van der Waals surface area (Å²) in [6.45, 7) is 0. The number of hydrogen-bond donors (Lipinski definition) is 4. The standard InChI is InChI=1S/C13H16N4O2/c14-8-2-3-9(6-8)15-12(18)7-1-4-10-11(5-7)17-13(19)16-10/h1,4-5,8-9H,2-3,6,14H2,(H,15,18)(H2,16,17,19). The van der Waals surface area contributed by atoms with Gasteiger partial charge in [0, 0.05) is 17.6 Å². The van der Waals surface area contributed by atoms with Gasteiger partial charge in [-0.3, -0.25) is 4.79 Å². The van der Waals surface area contributed by atoms with E-state index in [2.05, 4.69) is 15.3 Å². The Hall–Kier alpha value is -2.08. The van der Waals surface area contributed by atoms with Crippen LogP contribution in [0.15, 0.2) is 23.0 Å². The number of H-pyrrole nitrogens is 2. The Morgan fingerprint density at radius 3 is 2.79 bits per heavy atom. The fourth-order valence-corrected chi connectivity index (χ4v) is 2.59. The third kappa shape index (κ3) is 2.39. The van der Waals surface area contributed by atoms with Crippen LogP contribution in [0.25, 0.3) is 11.0 Å². The third-order valence-corrected chi connectivity index (χ3v) is 3.59. The monoisotopic (exact) mass is 260 g/mol. The highest BCUT2D eigenvalue weighted by atomic mass is 16.2. The number of nitrogens with one attached hydrogen (secondary N) is 3. The molecule has 0 aliphatic heterocycles. The molecule has 1 aromatic carbocycles. The Labute approximate surface area is 109 Å². The van der Waals surface area contributed by atoms with Crippen LogP contribution < -0.4 is 16.7 Å². The molecule has 1 aromatic heterocycles. The Balaban J connectivity index is 1.79. The minimum Gasteiger partial charge on any atom is -0.349 e. The van der Waals surface area contributed by atoms with Crippen molar-refractivity contribution in [2.45, 2.75) is 31.3 Å². The second kappa shape index (κ2) is 4.55. The molecule has 2 unspecified atom stereocenters. The first-order valence-electron chi connectivity index (χ1n) is 6.40. The predicted octanol–water partition coefficient (Wildman–Crippen LogP) is 0.466. The van der Waals surface area contributed by atoms with Gasteiger partial charge in [0.25, 0.3) is 5.91 Å². The average molecular weight is 260 g/mol. The summed E-state index contributed by atoms with van der Waals surface area (Å²) in [6, 6.07) is 5.45. The lowest BCUT2D eigenvalue weighted by Gasteiger charge is -2.12. The number of carbonyl (C=O) groups is 1. The maximum absolute atomic E-state index is 12.1. The van der Waals surface area contributed by atoms with Crippen molar-refractivity contribution in [3.8, 4) is 0 Å². The predicted molar refractivity (Wildman–Crippen MR) is 72.0 cm³/mol. The maximum atomic E-state index is 12.1. The number of aromatic amines is 2. The molecule has 0 saturated heterocycles. The molecule has 1 saturated carbocycles. The van der Waals surface area contributed by atoms with E-state index in [1.165, 1.54) is 0 Å². The number of carbonyl (C=O) groups excluding carboxylic acids is 1. The number of hydrogen-bond acceptors (Lipinski definition) is 3. The van der Waals surface area contributed by atoms with Gasteiger partial charge in [0.15, 0.2) is 0 Å². The van der Waals surface area contributed by atoms with Gasteiger partial charge >= 0.3 is 5.69 Å². The van der Waals surface area contributed by atoms with Crippen molar-refractivity contribution in [3.63, 3.8) is 0 Å². The molecule has 0 bridgehead atoms. The number of imidazole rings is 1. The van der Waals surface area contributed by atoms with Gasteiger partial charge in [-0.25, -0.2) is 4.79 Å². The lowest BCUT2D eigenvalue weighted by molar-refractivity contribution is 0.0938. The highest BCUT2D eigenvalue weighted by Crippen LogP contribution is 2.18. The van der Waals surface area contributed by atoms with E-state index in [9.17, 15) is 9.59 Å². The highest BCUT2D eigenvalue weighted by Gasteiger charge is 2.23. The van der Waals surface area contributed by atoms with Crippen LogP contribution in [-0.4, -0.2) is 28.0 Å². The summed E-state index contributed by atoms with van der Waals surface area (Å²) in [7, 11) is 0. The summed E-state index contributed by atoms with van der Waals surface area (Å²) >= 11 is 0. The van der Waals surface area contributed by atoms with Gasteiger partial charge in [-0.15, -0.1) is 0 Å². The Morgan fingerprint density at radius 1 is 1.26 bits per heavy atom. The molecule has 5 N–H and O–H groups in total. The van der Waals surface area contributed by atoms with E-state index in [1.54, 1.807) is 18.2 Å². The van der Waals surface area contributed by atoms with Crippen LogP contribution >= 0.6 is 0 Å². The third-order valence-electron chi connectivity index (χ3n) is 3.59. The SMILES string of the molecule is NC1CCC(NC(=O)c2ccc3[nH]c(=O)[nH]c3c2)C1. The number of nitrogens with two attached hydrogens (primary N) is 1. The molecule has 1 heterocycles. The summed E-state index contributed by atoms with van der Waals surface area (Å²) in [5.74, 6) is -0.122. The van der Waals surface area contributed by atoms with Crippen LogP contribution in [0.4, 0.5) is 0 Å². The van der Waals surface area contributed by atoms with E-state index in [1.807, 2.05) is 0 Å². The van der Waals surface area contributed by atoms with Gasteiger partial charge in [-0.1, -0.05) is 0 Å². The average Bonchev–Trinajstić information content (AvgIpc) is 2.93. The molecule has 1 aliphatic rings. The molecule has 2 aromatic rings. The van der Waals surface area contributed by atoms with E-state index in [0.717, 1.165) is 19.3 Å². The molecule has 100 valence electrons. The summed E-state index contributed by atoms with van der Waals surface area (Å²) in [6.07, 6.45) is 2.71. The Kier molecular flexibility index (Phi) is 2.87. The zero-order chi connectivity index (χ0) is 13.4. The first-order valence-corrected chi connectivity index (χ1v) is 6.40. The van der Waals surface area contributed by atoms with Crippen LogP contribution in [0.5, 0.6) is 0 Å². The number of rotatable bonds is 2. The summed E-state index contributed by atoms with van der Waals surface area (Å²) in [5.41, 5.74) is 7.44. The van der Waals surface area contributed by atoms with E-state index < -0.39 is 0 Å². The van der Waals surface area contributed by atoms with Crippen molar-refractivity contribution >= 4 is 16.9 Å². The molecule has 0 spiro atoms. The number of amides is 1. The van der Waals surface area contributed by atoms with Gasteiger partial charge in [0.1, 0.15) is 0 Å². The second-order valence-electron chi connectivity index (χ2n) is 5.08. The zero-order valence-electron chi connectivity index (χ0n) is 10.4. The van der Waals surface area contributed by atoms with Crippen molar-refractivity contribution in [3.05, 3.63) is 34.2 Å². The Bertz CT molecular complexity index is 673. The topological polar surface area (TPSA) is 104 Å². The molecule has 1 amide bonds. The van der Waals surface area contributed by atoms with Gasteiger partial charge in [0.05, 0.1) is 11.0 Å². The van der Waals surface area contributed by atoms with E-state index in [0.29, 0.717) is 16.6 Å². The fraction of sp³-hybridized carbons (Fsp3) is 0.385. The van der Waals surface area contributed by atoms with Gasteiger partial charge in [-0.2, -0.15) is 0 Å². The number of fused-ring (bicyclic) bond motifs is 1. The van der Waals surface area contributed by atoms with Crippen LogP contribution in [0.2, 0.25) is 0 Å². The quantitative estimate of drug-likeness (QED) is 0.630. The van der Waals surface area contributed by atoms with Gasteiger partial charge < -0.3 is 21.0 Å². The molecule has 19 heavy (non-hydrogen) atoms. The first kappa shape index (κ1) is 12.0. The number of aromatic nitrogens is 2. The number of benzene rings is 1. The molecule has 1 fully saturated rings. The van der Waals surface area contributed by atoms with Crippen molar-refractivity contribution in [1.82, 2.24) is 15.3 Å². The van der Waals surface area contributed by atoms with Crippen molar-refractivity contribution < 1.29 is 4.79 Å². The summed E-state index contributed by atoms with van der Waals surface area (Å²) in [5, 5.41) is 2.98. The van der Waals surface area contributed by atoms with Crippen LogP contribution in [-0.2, 0) is 0 Å². The minimum atomic E-state index is -0.269. The van der Waals surface area contributed by atoms with Crippen molar-refractivity contribution in [2.75, 3.05) is 0 Å². The van der Waals surface area contributed by atoms with Crippen LogP contribution in [0.1, 0.15) is 29.6 Å². The van der Waals surface area contributed by atoms with E-state index in [-0.39, 0.29) is 23.7 Å². The van der Waals surface area contributed by atoms with Crippen molar-refractivity contribution in [1.29, 1.82) is 0 Å². The molecule has 6 heteroatoms. The Morgan fingerprint density at radius 2 is 2.05 bits per heavy atom. The smallest absolute Gasteiger partial charge is 0.323 e. The maximum Gasteiger partial charge on any atom is 0.323 e. The summed E-state index contributed by atoms with van der Waals surface area (Å²) in [4.78, 5) is 28.6. The highest BCUT2D eigenvalue weighted by molar-refractivity contribution is 5.97. The largest absolute Gasteiger partial charge is 0.349 e. The zero-order valence-corrected chi connectivity index (χ0v) is 10.4. The molecule has 6 nitrogen and oxygen atoms in total.